The van der Waals surface area contributed by atoms with Crippen LogP contribution in [0.5, 0.6) is 0 Å². The SMILES string of the molecule is CCc1cc(CC)c2ccccc2c1C. The van der Waals surface area contributed by atoms with E-state index in [9.17, 15) is 0 Å². The summed E-state index contributed by atoms with van der Waals surface area (Å²) in [6.07, 6.45) is 2.25. The van der Waals surface area contributed by atoms with E-state index in [0.717, 1.165) is 12.8 Å². The summed E-state index contributed by atoms with van der Waals surface area (Å²) in [6.45, 7) is 6.70. The number of fused-ring (bicyclic) bond motifs is 1. The number of benzene rings is 2. The van der Waals surface area contributed by atoms with Gasteiger partial charge in [-0.25, -0.2) is 0 Å². The van der Waals surface area contributed by atoms with Crippen LogP contribution >= 0.6 is 0 Å². The van der Waals surface area contributed by atoms with Crippen molar-refractivity contribution in [2.45, 2.75) is 33.6 Å². The van der Waals surface area contributed by atoms with E-state index in [2.05, 4.69) is 51.1 Å². The van der Waals surface area contributed by atoms with E-state index < -0.39 is 0 Å². The average Bonchev–Trinajstić information content (AvgIpc) is 2.30. The topological polar surface area (TPSA) is 0 Å². The van der Waals surface area contributed by atoms with Crippen LogP contribution in [0, 0.1) is 6.92 Å². The van der Waals surface area contributed by atoms with Crippen molar-refractivity contribution in [2.24, 2.45) is 0 Å². The Balaban J connectivity index is 2.84. The molecule has 0 bridgehead atoms. The Morgan fingerprint density at radius 2 is 1.47 bits per heavy atom. The van der Waals surface area contributed by atoms with Crippen molar-refractivity contribution in [2.75, 3.05) is 0 Å². The number of hydrogen-bond acceptors (Lipinski definition) is 0. The quantitative estimate of drug-likeness (QED) is 0.676. The van der Waals surface area contributed by atoms with Gasteiger partial charge in [-0.1, -0.05) is 44.2 Å². The highest BCUT2D eigenvalue weighted by Gasteiger charge is 2.05. The summed E-state index contributed by atoms with van der Waals surface area (Å²) in [7, 11) is 0. The molecule has 78 valence electrons. The fraction of sp³-hybridized carbons (Fsp3) is 0.333. The second-order valence-electron chi connectivity index (χ2n) is 4.07. The van der Waals surface area contributed by atoms with Crippen molar-refractivity contribution in [3.63, 3.8) is 0 Å². The molecule has 0 radical (unpaired) electrons. The highest BCUT2D eigenvalue weighted by Crippen LogP contribution is 2.26. The molecule has 0 fully saturated rings. The third-order valence-corrected chi connectivity index (χ3v) is 3.27. The molecule has 0 aliphatic carbocycles. The van der Waals surface area contributed by atoms with Crippen molar-refractivity contribution in [3.05, 3.63) is 47.0 Å². The lowest BCUT2D eigenvalue weighted by Gasteiger charge is -2.12. The van der Waals surface area contributed by atoms with Crippen molar-refractivity contribution >= 4 is 10.8 Å². The van der Waals surface area contributed by atoms with Gasteiger partial charge in [0.2, 0.25) is 0 Å². The summed E-state index contributed by atoms with van der Waals surface area (Å²) >= 11 is 0. The molecule has 0 N–H and O–H groups in total. The Bertz CT molecular complexity index is 481. The Labute approximate surface area is 91.9 Å². The zero-order valence-corrected chi connectivity index (χ0v) is 9.80. The lowest BCUT2D eigenvalue weighted by atomic mass is 9.93. The number of aryl methyl sites for hydroxylation is 3. The van der Waals surface area contributed by atoms with Crippen LogP contribution in [-0.2, 0) is 12.8 Å². The average molecular weight is 198 g/mol. The summed E-state index contributed by atoms with van der Waals surface area (Å²) in [5, 5.41) is 2.85. The van der Waals surface area contributed by atoms with Crippen LogP contribution in [0.1, 0.15) is 30.5 Å². The first-order valence-electron chi connectivity index (χ1n) is 5.78. The van der Waals surface area contributed by atoms with Crippen molar-refractivity contribution in [1.82, 2.24) is 0 Å². The van der Waals surface area contributed by atoms with Crippen LogP contribution in [-0.4, -0.2) is 0 Å². The van der Waals surface area contributed by atoms with E-state index >= 15 is 0 Å². The van der Waals surface area contributed by atoms with Crippen molar-refractivity contribution in [3.8, 4) is 0 Å². The molecule has 2 aromatic rings. The molecule has 0 nitrogen and oxygen atoms in total. The second-order valence-corrected chi connectivity index (χ2v) is 4.07. The normalized spacial score (nSPS) is 10.9. The van der Waals surface area contributed by atoms with Crippen LogP contribution in [0.3, 0.4) is 0 Å². The molecule has 0 saturated carbocycles. The highest BCUT2D eigenvalue weighted by atomic mass is 14.1. The van der Waals surface area contributed by atoms with Crippen LogP contribution < -0.4 is 0 Å². The molecule has 0 aromatic heterocycles. The Morgan fingerprint density at radius 1 is 0.867 bits per heavy atom. The van der Waals surface area contributed by atoms with Gasteiger partial charge in [-0.15, -0.1) is 0 Å². The predicted molar refractivity (Wildman–Crippen MR) is 67.4 cm³/mol. The van der Waals surface area contributed by atoms with Crippen molar-refractivity contribution in [1.29, 1.82) is 0 Å². The van der Waals surface area contributed by atoms with Crippen molar-refractivity contribution < 1.29 is 0 Å². The molecule has 0 saturated heterocycles. The molecule has 0 amide bonds. The van der Waals surface area contributed by atoms with E-state index in [1.165, 1.54) is 27.5 Å². The first-order chi connectivity index (χ1) is 7.27. The van der Waals surface area contributed by atoms with E-state index in [1.807, 2.05) is 0 Å². The second kappa shape index (κ2) is 4.06. The fourth-order valence-electron chi connectivity index (χ4n) is 2.32. The maximum atomic E-state index is 2.37. The van der Waals surface area contributed by atoms with E-state index in [4.69, 9.17) is 0 Å². The monoisotopic (exact) mass is 198 g/mol. The van der Waals surface area contributed by atoms with Gasteiger partial charge >= 0.3 is 0 Å². The molecule has 0 heteroatoms. The molecular weight excluding hydrogens is 180 g/mol. The molecule has 15 heavy (non-hydrogen) atoms. The molecule has 0 unspecified atom stereocenters. The first kappa shape index (κ1) is 10.2. The molecule has 2 aromatic carbocycles. The summed E-state index contributed by atoms with van der Waals surface area (Å²) < 4.78 is 0. The van der Waals surface area contributed by atoms with Crippen LogP contribution in [0.15, 0.2) is 30.3 Å². The van der Waals surface area contributed by atoms with Crippen LogP contribution in [0.4, 0.5) is 0 Å². The van der Waals surface area contributed by atoms with Gasteiger partial charge in [-0.2, -0.15) is 0 Å². The van der Waals surface area contributed by atoms with Gasteiger partial charge in [0.1, 0.15) is 0 Å². The summed E-state index contributed by atoms with van der Waals surface area (Å²) in [5.74, 6) is 0. The maximum absolute atomic E-state index is 2.37. The molecule has 0 aliphatic rings. The number of hydrogen-bond donors (Lipinski definition) is 0. The number of rotatable bonds is 2. The predicted octanol–water partition coefficient (Wildman–Crippen LogP) is 4.27. The lowest BCUT2D eigenvalue weighted by Crippen LogP contribution is -1.93. The van der Waals surface area contributed by atoms with E-state index in [0.29, 0.717) is 0 Å². The van der Waals surface area contributed by atoms with E-state index in [1.54, 1.807) is 0 Å². The molecule has 0 atom stereocenters. The third-order valence-electron chi connectivity index (χ3n) is 3.27. The highest BCUT2D eigenvalue weighted by molar-refractivity contribution is 5.89. The maximum Gasteiger partial charge on any atom is -0.0149 e. The fourth-order valence-corrected chi connectivity index (χ4v) is 2.32. The van der Waals surface area contributed by atoms with Gasteiger partial charge in [0.25, 0.3) is 0 Å². The standard InChI is InChI=1S/C15H18/c1-4-12-10-13(5-2)15-9-7-6-8-14(15)11(12)3/h6-10H,4-5H2,1-3H3. The van der Waals surface area contributed by atoms with Gasteiger partial charge in [0.05, 0.1) is 0 Å². The minimum atomic E-state index is 1.12. The minimum Gasteiger partial charge on any atom is -0.0616 e. The lowest BCUT2D eigenvalue weighted by molar-refractivity contribution is 1.08. The first-order valence-corrected chi connectivity index (χ1v) is 5.78. The van der Waals surface area contributed by atoms with Crippen LogP contribution in [0.25, 0.3) is 10.8 Å². The Kier molecular flexibility index (Phi) is 2.77. The zero-order chi connectivity index (χ0) is 10.8. The van der Waals surface area contributed by atoms with Gasteiger partial charge in [0, 0.05) is 0 Å². The minimum absolute atomic E-state index is 1.12. The van der Waals surface area contributed by atoms with Gasteiger partial charge in [0.15, 0.2) is 0 Å². The Morgan fingerprint density at radius 3 is 2.07 bits per heavy atom. The van der Waals surface area contributed by atoms with Gasteiger partial charge in [-0.05, 0) is 47.2 Å². The summed E-state index contributed by atoms with van der Waals surface area (Å²) in [4.78, 5) is 0. The third kappa shape index (κ3) is 1.65. The zero-order valence-electron chi connectivity index (χ0n) is 9.80. The summed E-state index contributed by atoms with van der Waals surface area (Å²) in [5.41, 5.74) is 4.42. The molecule has 0 aliphatic heterocycles. The molecule has 0 heterocycles. The van der Waals surface area contributed by atoms with Gasteiger partial charge < -0.3 is 0 Å². The molecule has 0 spiro atoms. The van der Waals surface area contributed by atoms with Crippen LogP contribution in [0.2, 0.25) is 0 Å². The molecular formula is C15H18. The van der Waals surface area contributed by atoms with E-state index in [-0.39, 0.29) is 0 Å². The smallest absolute Gasteiger partial charge is 0.0149 e. The van der Waals surface area contributed by atoms with Gasteiger partial charge in [-0.3, -0.25) is 0 Å². The molecule has 2 rings (SSSR count). The largest absolute Gasteiger partial charge is 0.0616 e. The summed E-state index contributed by atoms with van der Waals surface area (Å²) in [6, 6.07) is 11.1. The Hall–Kier alpha value is -1.30.